The zero-order chi connectivity index (χ0) is 15.4. The fraction of sp³-hybridized carbons (Fsp3) is 0.533. The van der Waals surface area contributed by atoms with Crippen molar-refractivity contribution in [3.8, 4) is 5.75 Å². The Morgan fingerprint density at radius 1 is 1.43 bits per heavy atom. The number of hydrogen-bond acceptors (Lipinski definition) is 3. The number of carbonyl (C=O) groups is 1. The van der Waals surface area contributed by atoms with E-state index in [2.05, 4.69) is 4.74 Å². The number of carbonyl (C=O) groups excluding carboxylic acids is 1. The molecule has 21 heavy (non-hydrogen) atoms. The van der Waals surface area contributed by atoms with Gasteiger partial charge >= 0.3 is 6.61 Å². The van der Waals surface area contributed by atoms with E-state index in [0.29, 0.717) is 13.1 Å². The van der Waals surface area contributed by atoms with E-state index in [-0.39, 0.29) is 24.0 Å². The minimum absolute atomic E-state index is 0.0662. The summed E-state index contributed by atoms with van der Waals surface area (Å²) in [7, 11) is 0. The van der Waals surface area contributed by atoms with Crippen molar-refractivity contribution in [2.45, 2.75) is 32.5 Å². The normalized spacial score (nSPS) is 22.4. The van der Waals surface area contributed by atoms with Crippen LogP contribution in [0.15, 0.2) is 24.3 Å². The number of benzene rings is 1. The molecule has 0 spiro atoms. The van der Waals surface area contributed by atoms with Gasteiger partial charge in [0.25, 0.3) is 0 Å². The van der Waals surface area contributed by atoms with Crippen LogP contribution in [0.2, 0.25) is 0 Å². The minimum Gasteiger partial charge on any atom is -0.435 e. The highest BCUT2D eigenvalue weighted by Crippen LogP contribution is 2.19. The van der Waals surface area contributed by atoms with Crippen LogP contribution in [0.1, 0.15) is 18.9 Å². The van der Waals surface area contributed by atoms with Crippen molar-refractivity contribution in [1.29, 1.82) is 0 Å². The first-order valence-corrected chi connectivity index (χ1v) is 6.95. The molecule has 1 saturated heterocycles. The van der Waals surface area contributed by atoms with Crippen molar-refractivity contribution in [1.82, 2.24) is 4.90 Å². The summed E-state index contributed by atoms with van der Waals surface area (Å²) in [4.78, 5) is 13.8. The molecular formula is C15H19F2NO3. The Kier molecular flexibility index (Phi) is 5.12. The second-order valence-corrected chi connectivity index (χ2v) is 5.37. The lowest BCUT2D eigenvalue weighted by Crippen LogP contribution is -2.46. The molecule has 1 aromatic rings. The van der Waals surface area contributed by atoms with Gasteiger partial charge in [-0.2, -0.15) is 8.78 Å². The monoisotopic (exact) mass is 299 g/mol. The van der Waals surface area contributed by atoms with E-state index in [4.69, 9.17) is 0 Å². The first kappa shape index (κ1) is 15.7. The minimum atomic E-state index is -2.85. The molecule has 1 fully saturated rings. The molecule has 2 unspecified atom stereocenters. The molecule has 1 N–H and O–H groups in total. The summed E-state index contributed by atoms with van der Waals surface area (Å²) in [6, 6.07) is 6.03. The molecule has 6 heteroatoms. The number of ether oxygens (including phenoxy) is 1. The molecule has 1 aliphatic heterocycles. The van der Waals surface area contributed by atoms with E-state index in [9.17, 15) is 18.7 Å². The van der Waals surface area contributed by atoms with Crippen LogP contribution in [0.25, 0.3) is 0 Å². The Bertz CT molecular complexity index is 478. The second kappa shape index (κ2) is 6.85. The molecule has 4 nitrogen and oxygen atoms in total. The van der Waals surface area contributed by atoms with Crippen LogP contribution in [-0.2, 0) is 11.2 Å². The largest absolute Gasteiger partial charge is 0.435 e. The van der Waals surface area contributed by atoms with Gasteiger partial charge in [0.1, 0.15) is 5.75 Å². The Hall–Kier alpha value is -1.69. The summed E-state index contributed by atoms with van der Waals surface area (Å²) in [5.41, 5.74) is 0.731. The molecule has 0 radical (unpaired) electrons. The van der Waals surface area contributed by atoms with Crippen molar-refractivity contribution in [3.05, 3.63) is 29.8 Å². The summed E-state index contributed by atoms with van der Waals surface area (Å²) in [6.45, 7) is 0.110. The van der Waals surface area contributed by atoms with Gasteiger partial charge in [0.2, 0.25) is 5.91 Å². The van der Waals surface area contributed by atoms with Gasteiger partial charge in [-0.1, -0.05) is 19.1 Å². The van der Waals surface area contributed by atoms with E-state index in [1.165, 1.54) is 12.1 Å². The molecule has 0 aromatic heterocycles. The van der Waals surface area contributed by atoms with Crippen LogP contribution >= 0.6 is 0 Å². The lowest BCUT2D eigenvalue weighted by atomic mass is 9.95. The number of amides is 1. The molecule has 0 bridgehead atoms. The van der Waals surface area contributed by atoms with Gasteiger partial charge in [-0.15, -0.1) is 0 Å². The highest BCUT2D eigenvalue weighted by Gasteiger charge is 2.27. The number of aliphatic hydroxyl groups excluding tert-OH is 1. The Morgan fingerprint density at radius 2 is 2.10 bits per heavy atom. The van der Waals surface area contributed by atoms with Crippen LogP contribution in [-0.4, -0.2) is 41.7 Å². The van der Waals surface area contributed by atoms with E-state index < -0.39 is 12.7 Å². The van der Waals surface area contributed by atoms with Crippen LogP contribution < -0.4 is 4.74 Å². The highest BCUT2D eigenvalue weighted by atomic mass is 19.3. The number of alkyl halides is 2. The Balaban J connectivity index is 1.90. The zero-order valence-electron chi connectivity index (χ0n) is 11.8. The standard InChI is InChI=1S/C15H19F2NO3/c1-10-6-7-18(9-13(10)19)14(20)8-11-2-4-12(5-3-11)21-15(16)17/h2-5,10,13,15,19H,6-9H2,1H3. The van der Waals surface area contributed by atoms with Gasteiger partial charge in [0, 0.05) is 13.1 Å². The molecular weight excluding hydrogens is 280 g/mol. The molecule has 1 aromatic carbocycles. The third-order valence-corrected chi connectivity index (χ3v) is 3.78. The van der Waals surface area contributed by atoms with Crippen LogP contribution in [0.4, 0.5) is 8.78 Å². The predicted molar refractivity (Wildman–Crippen MR) is 73.1 cm³/mol. The molecule has 116 valence electrons. The Labute approximate surface area is 122 Å². The van der Waals surface area contributed by atoms with Crippen molar-refractivity contribution < 1.29 is 23.4 Å². The summed E-state index contributed by atoms with van der Waals surface area (Å²) >= 11 is 0. The van der Waals surface area contributed by atoms with Gasteiger partial charge in [0.05, 0.1) is 12.5 Å². The zero-order valence-corrected chi connectivity index (χ0v) is 11.8. The molecule has 1 aliphatic rings. The first-order valence-electron chi connectivity index (χ1n) is 6.95. The fourth-order valence-corrected chi connectivity index (χ4v) is 2.35. The first-order chi connectivity index (χ1) is 9.95. The number of β-amino-alcohol motifs (C(OH)–C–C–N with tert-alkyl or cyclic N) is 1. The van der Waals surface area contributed by atoms with Gasteiger partial charge in [0.15, 0.2) is 0 Å². The van der Waals surface area contributed by atoms with Crippen molar-refractivity contribution in [2.24, 2.45) is 5.92 Å². The maximum absolute atomic E-state index is 12.1. The number of aliphatic hydroxyl groups is 1. The predicted octanol–water partition coefficient (Wildman–Crippen LogP) is 2.06. The molecule has 0 aliphatic carbocycles. The summed E-state index contributed by atoms with van der Waals surface area (Å²) in [5, 5.41) is 9.80. The third kappa shape index (κ3) is 4.39. The highest BCUT2D eigenvalue weighted by molar-refractivity contribution is 5.79. The summed E-state index contributed by atoms with van der Waals surface area (Å²) in [6.07, 6.45) is 0.494. The number of rotatable bonds is 4. The van der Waals surface area contributed by atoms with Gasteiger partial charge in [-0.3, -0.25) is 4.79 Å². The number of likely N-dealkylation sites (tertiary alicyclic amines) is 1. The average Bonchev–Trinajstić information content (AvgIpc) is 2.43. The van der Waals surface area contributed by atoms with E-state index in [1.54, 1.807) is 17.0 Å². The van der Waals surface area contributed by atoms with E-state index in [1.807, 2.05) is 6.92 Å². The topological polar surface area (TPSA) is 49.8 Å². The maximum atomic E-state index is 12.1. The fourth-order valence-electron chi connectivity index (χ4n) is 2.35. The van der Waals surface area contributed by atoms with Gasteiger partial charge in [-0.25, -0.2) is 0 Å². The smallest absolute Gasteiger partial charge is 0.387 e. The van der Waals surface area contributed by atoms with Gasteiger partial charge in [-0.05, 0) is 30.0 Å². The van der Waals surface area contributed by atoms with Crippen LogP contribution in [0, 0.1) is 5.92 Å². The summed E-state index contributed by atoms with van der Waals surface area (Å²) in [5.74, 6) is 0.215. The van der Waals surface area contributed by atoms with E-state index >= 15 is 0 Å². The summed E-state index contributed by atoms with van der Waals surface area (Å²) < 4.78 is 28.3. The third-order valence-electron chi connectivity index (χ3n) is 3.78. The second-order valence-electron chi connectivity index (χ2n) is 5.37. The molecule has 1 amide bonds. The molecule has 2 atom stereocenters. The van der Waals surface area contributed by atoms with Gasteiger partial charge < -0.3 is 14.7 Å². The molecule has 2 rings (SSSR count). The van der Waals surface area contributed by atoms with E-state index in [0.717, 1.165) is 12.0 Å². The number of piperidine rings is 1. The molecule has 1 heterocycles. The van der Waals surface area contributed by atoms with Crippen molar-refractivity contribution in [2.75, 3.05) is 13.1 Å². The maximum Gasteiger partial charge on any atom is 0.387 e. The number of halogens is 2. The molecule has 0 saturated carbocycles. The SMILES string of the molecule is CC1CCN(C(=O)Cc2ccc(OC(F)F)cc2)CC1O. The number of nitrogens with zero attached hydrogens (tertiary/aromatic N) is 1. The lowest BCUT2D eigenvalue weighted by Gasteiger charge is -2.34. The quantitative estimate of drug-likeness (QED) is 0.926. The van der Waals surface area contributed by atoms with Crippen LogP contribution in [0.3, 0.4) is 0 Å². The van der Waals surface area contributed by atoms with Crippen molar-refractivity contribution >= 4 is 5.91 Å². The average molecular weight is 299 g/mol. The number of hydrogen-bond donors (Lipinski definition) is 1. The lowest BCUT2D eigenvalue weighted by molar-refractivity contribution is -0.134. The van der Waals surface area contributed by atoms with Crippen LogP contribution in [0.5, 0.6) is 5.75 Å². The van der Waals surface area contributed by atoms with Crippen molar-refractivity contribution in [3.63, 3.8) is 0 Å². The Morgan fingerprint density at radius 3 is 2.67 bits per heavy atom.